The van der Waals surface area contributed by atoms with Crippen LogP contribution in [0.4, 0.5) is 0 Å². The van der Waals surface area contributed by atoms with Gasteiger partial charge in [-0.2, -0.15) is 0 Å². The molecule has 0 aromatic carbocycles. The quantitative estimate of drug-likeness (QED) is 0.700. The van der Waals surface area contributed by atoms with Crippen molar-refractivity contribution in [2.75, 3.05) is 0 Å². The van der Waals surface area contributed by atoms with Gasteiger partial charge in [-0.1, -0.05) is 25.6 Å². The third-order valence-electron chi connectivity index (χ3n) is 1.50. The maximum Gasteiger partial charge on any atom is 0.208 e. The molecule has 4 nitrogen and oxygen atoms in total. The van der Waals surface area contributed by atoms with Gasteiger partial charge in [0.1, 0.15) is 11.3 Å². The molecule has 1 rings (SSSR count). The van der Waals surface area contributed by atoms with Crippen LogP contribution in [0.15, 0.2) is 6.33 Å². The van der Waals surface area contributed by atoms with Gasteiger partial charge in [-0.3, -0.25) is 4.68 Å². The second kappa shape index (κ2) is 4.15. The fourth-order valence-corrected chi connectivity index (χ4v) is 0.929. The van der Waals surface area contributed by atoms with Gasteiger partial charge in [0.05, 0.1) is 0 Å². The zero-order chi connectivity index (χ0) is 8.97. The Morgan fingerprint density at radius 3 is 3.00 bits per heavy atom. The van der Waals surface area contributed by atoms with Crippen LogP contribution in [0.3, 0.4) is 0 Å². The molecular formula is C7H12N4S. The Morgan fingerprint density at radius 1 is 1.75 bits per heavy atom. The molecule has 0 bridgehead atoms. The van der Waals surface area contributed by atoms with Gasteiger partial charge < -0.3 is 5.73 Å². The number of unbranched alkanes of at least 4 members (excludes halogenated alkanes) is 1. The van der Waals surface area contributed by atoms with Crippen molar-refractivity contribution in [1.29, 1.82) is 0 Å². The lowest BCUT2D eigenvalue weighted by atomic mass is 10.3. The van der Waals surface area contributed by atoms with Crippen LogP contribution in [0.2, 0.25) is 0 Å². The number of nitrogens with two attached hydrogens (primary N) is 1. The molecular weight excluding hydrogens is 172 g/mol. The lowest BCUT2D eigenvalue weighted by Gasteiger charge is -1.95. The monoisotopic (exact) mass is 184 g/mol. The van der Waals surface area contributed by atoms with Crippen LogP contribution in [-0.4, -0.2) is 19.8 Å². The first-order valence-electron chi connectivity index (χ1n) is 3.93. The normalized spacial score (nSPS) is 10.1. The van der Waals surface area contributed by atoms with E-state index < -0.39 is 0 Å². The van der Waals surface area contributed by atoms with Gasteiger partial charge in [0.2, 0.25) is 5.82 Å². The molecule has 0 amide bonds. The summed E-state index contributed by atoms with van der Waals surface area (Å²) in [6.45, 7) is 3.01. The number of nitrogens with zero attached hydrogens (tertiary/aromatic N) is 3. The van der Waals surface area contributed by atoms with Crippen molar-refractivity contribution in [2.24, 2.45) is 5.73 Å². The number of aryl methyl sites for hydroxylation is 1. The lowest BCUT2D eigenvalue weighted by Crippen LogP contribution is -2.12. The zero-order valence-corrected chi connectivity index (χ0v) is 7.84. The number of hydrogen-bond donors (Lipinski definition) is 1. The molecule has 66 valence electrons. The second-order valence-electron chi connectivity index (χ2n) is 2.55. The van der Waals surface area contributed by atoms with E-state index in [1.807, 2.05) is 0 Å². The van der Waals surface area contributed by atoms with E-state index in [2.05, 4.69) is 17.0 Å². The summed E-state index contributed by atoms with van der Waals surface area (Å²) in [6.07, 6.45) is 3.90. The van der Waals surface area contributed by atoms with Gasteiger partial charge in [0, 0.05) is 6.54 Å². The summed E-state index contributed by atoms with van der Waals surface area (Å²) in [5.41, 5.74) is 5.35. The summed E-state index contributed by atoms with van der Waals surface area (Å²) in [5.74, 6) is 0.459. The van der Waals surface area contributed by atoms with Gasteiger partial charge in [-0.05, 0) is 6.42 Å². The molecule has 2 N–H and O–H groups in total. The summed E-state index contributed by atoms with van der Waals surface area (Å²) in [4.78, 5) is 4.21. The van der Waals surface area contributed by atoms with Crippen LogP contribution in [0.25, 0.3) is 0 Å². The molecule has 5 heteroatoms. The van der Waals surface area contributed by atoms with E-state index in [1.165, 1.54) is 0 Å². The molecule has 0 radical (unpaired) electrons. The number of thiocarbonyl (C=S) groups is 1. The topological polar surface area (TPSA) is 56.7 Å². The van der Waals surface area contributed by atoms with Gasteiger partial charge >= 0.3 is 0 Å². The van der Waals surface area contributed by atoms with Crippen molar-refractivity contribution in [3.05, 3.63) is 12.2 Å². The number of aromatic nitrogens is 3. The van der Waals surface area contributed by atoms with Crippen LogP contribution >= 0.6 is 12.2 Å². The average molecular weight is 184 g/mol. The van der Waals surface area contributed by atoms with E-state index in [0.29, 0.717) is 5.82 Å². The van der Waals surface area contributed by atoms with Crippen LogP contribution in [-0.2, 0) is 6.54 Å². The van der Waals surface area contributed by atoms with Gasteiger partial charge in [0.25, 0.3) is 0 Å². The molecule has 0 aliphatic heterocycles. The van der Waals surface area contributed by atoms with E-state index >= 15 is 0 Å². The van der Waals surface area contributed by atoms with E-state index in [-0.39, 0.29) is 4.99 Å². The van der Waals surface area contributed by atoms with Crippen LogP contribution in [0, 0.1) is 0 Å². The molecule has 0 fully saturated rings. The summed E-state index contributed by atoms with van der Waals surface area (Å²) in [7, 11) is 0. The largest absolute Gasteiger partial charge is 0.387 e. The lowest BCUT2D eigenvalue weighted by molar-refractivity contribution is 0.570. The fraction of sp³-hybridized carbons (Fsp3) is 0.571. The molecule has 1 heterocycles. The third kappa shape index (κ3) is 2.27. The SMILES string of the molecule is CCCCn1cnc(C(N)=S)n1. The van der Waals surface area contributed by atoms with Gasteiger partial charge in [-0.15, -0.1) is 5.10 Å². The van der Waals surface area contributed by atoms with Crippen molar-refractivity contribution in [1.82, 2.24) is 14.8 Å². The maximum absolute atomic E-state index is 5.35. The minimum Gasteiger partial charge on any atom is -0.387 e. The zero-order valence-electron chi connectivity index (χ0n) is 7.03. The molecule has 0 saturated carbocycles. The fourth-order valence-electron chi connectivity index (χ4n) is 0.835. The first-order valence-corrected chi connectivity index (χ1v) is 4.34. The van der Waals surface area contributed by atoms with Crippen LogP contribution in [0.1, 0.15) is 25.6 Å². The highest BCUT2D eigenvalue weighted by Crippen LogP contribution is 1.94. The minimum atomic E-state index is 0.255. The third-order valence-corrected chi connectivity index (χ3v) is 1.68. The molecule has 0 spiro atoms. The maximum atomic E-state index is 5.35. The Bertz CT molecular complexity index is 268. The smallest absolute Gasteiger partial charge is 0.208 e. The Kier molecular flexibility index (Phi) is 3.16. The van der Waals surface area contributed by atoms with E-state index in [9.17, 15) is 0 Å². The van der Waals surface area contributed by atoms with E-state index in [0.717, 1.165) is 19.4 Å². The summed E-state index contributed by atoms with van der Waals surface area (Å²) < 4.78 is 1.76. The molecule has 1 aromatic rings. The van der Waals surface area contributed by atoms with Crippen LogP contribution < -0.4 is 5.73 Å². The predicted molar refractivity (Wildman–Crippen MR) is 50.8 cm³/mol. The summed E-state index contributed by atoms with van der Waals surface area (Å²) in [6, 6.07) is 0. The van der Waals surface area contributed by atoms with Gasteiger partial charge in [-0.25, -0.2) is 4.98 Å². The van der Waals surface area contributed by atoms with Crippen molar-refractivity contribution in [3.8, 4) is 0 Å². The molecule has 0 saturated heterocycles. The Balaban J connectivity index is 2.58. The van der Waals surface area contributed by atoms with Crippen molar-refractivity contribution >= 4 is 17.2 Å². The average Bonchev–Trinajstić information content (AvgIpc) is 2.48. The Hall–Kier alpha value is -0.970. The highest BCUT2D eigenvalue weighted by molar-refractivity contribution is 7.80. The summed E-state index contributed by atoms with van der Waals surface area (Å²) >= 11 is 4.73. The highest BCUT2D eigenvalue weighted by atomic mass is 32.1. The molecule has 0 unspecified atom stereocenters. The molecule has 0 aliphatic rings. The second-order valence-corrected chi connectivity index (χ2v) is 2.99. The minimum absolute atomic E-state index is 0.255. The summed E-state index contributed by atoms with van der Waals surface area (Å²) in [5, 5.41) is 4.09. The van der Waals surface area contributed by atoms with Crippen molar-refractivity contribution in [2.45, 2.75) is 26.3 Å². The van der Waals surface area contributed by atoms with Crippen molar-refractivity contribution in [3.63, 3.8) is 0 Å². The molecule has 0 aliphatic carbocycles. The predicted octanol–water partition coefficient (Wildman–Crippen LogP) is 0.712. The molecule has 1 aromatic heterocycles. The molecule has 0 atom stereocenters. The van der Waals surface area contributed by atoms with Crippen molar-refractivity contribution < 1.29 is 0 Å². The Morgan fingerprint density at radius 2 is 2.50 bits per heavy atom. The van der Waals surface area contributed by atoms with Gasteiger partial charge in [0.15, 0.2) is 0 Å². The Labute approximate surface area is 76.8 Å². The number of hydrogen-bond acceptors (Lipinski definition) is 3. The highest BCUT2D eigenvalue weighted by Gasteiger charge is 2.01. The van der Waals surface area contributed by atoms with E-state index in [4.69, 9.17) is 18.0 Å². The standard InChI is InChI=1S/C7H12N4S/c1-2-3-4-11-5-9-7(10-11)6(8)12/h5H,2-4H2,1H3,(H2,8,12). The van der Waals surface area contributed by atoms with E-state index in [1.54, 1.807) is 11.0 Å². The number of rotatable bonds is 4. The first-order chi connectivity index (χ1) is 5.74. The molecule has 12 heavy (non-hydrogen) atoms. The first kappa shape index (κ1) is 9.12. The van der Waals surface area contributed by atoms with Crippen LogP contribution in [0.5, 0.6) is 0 Å².